The van der Waals surface area contributed by atoms with Crippen LogP contribution in [0.25, 0.3) is 10.4 Å². The Kier molecular flexibility index (Phi) is 3.60. The first kappa shape index (κ1) is 11.1. The van der Waals surface area contributed by atoms with Crippen LogP contribution in [0.1, 0.15) is 6.42 Å². The van der Waals surface area contributed by atoms with E-state index >= 15 is 0 Å². The Bertz CT molecular complexity index is 234. The molecule has 0 N–H and O–H groups in total. The van der Waals surface area contributed by atoms with Crippen molar-refractivity contribution >= 4 is 0 Å². The molecular formula is C7H11F3N4. The molecule has 0 aromatic heterocycles. The van der Waals surface area contributed by atoms with Gasteiger partial charge in [0.1, 0.15) is 0 Å². The van der Waals surface area contributed by atoms with Gasteiger partial charge >= 0.3 is 6.18 Å². The second-order valence-corrected chi connectivity index (χ2v) is 3.28. The lowest BCUT2D eigenvalue weighted by molar-refractivity contribution is -0.170. The summed E-state index contributed by atoms with van der Waals surface area (Å²) in [6, 6.07) is 0. The van der Waals surface area contributed by atoms with Gasteiger partial charge in [-0.2, -0.15) is 13.2 Å². The van der Waals surface area contributed by atoms with Crippen molar-refractivity contribution in [2.24, 2.45) is 11.0 Å². The fourth-order valence-electron chi connectivity index (χ4n) is 1.53. The Balaban J connectivity index is 2.30. The molecule has 0 unspecified atom stereocenters. The third-order valence-electron chi connectivity index (χ3n) is 2.31. The molecule has 0 spiro atoms. The first-order chi connectivity index (χ1) is 6.54. The van der Waals surface area contributed by atoms with Crippen LogP contribution in [0.5, 0.6) is 0 Å². The second kappa shape index (κ2) is 4.52. The smallest absolute Gasteiger partial charge is 0.303 e. The van der Waals surface area contributed by atoms with E-state index in [1.165, 1.54) is 0 Å². The van der Waals surface area contributed by atoms with Gasteiger partial charge in [0.15, 0.2) is 0 Å². The molecule has 1 saturated heterocycles. The Morgan fingerprint density at radius 2 is 2.21 bits per heavy atom. The topological polar surface area (TPSA) is 52.0 Å². The van der Waals surface area contributed by atoms with Crippen molar-refractivity contribution in [1.29, 1.82) is 0 Å². The lowest BCUT2D eigenvalue weighted by Gasteiger charge is -2.16. The molecule has 1 rings (SSSR count). The van der Waals surface area contributed by atoms with Gasteiger partial charge in [-0.05, 0) is 18.5 Å². The van der Waals surface area contributed by atoms with Crippen molar-refractivity contribution in [1.82, 2.24) is 4.90 Å². The van der Waals surface area contributed by atoms with E-state index in [0.717, 1.165) is 0 Å². The predicted octanol–water partition coefficient (Wildman–Crippen LogP) is 2.18. The highest BCUT2D eigenvalue weighted by Gasteiger charge is 2.43. The highest BCUT2D eigenvalue weighted by Crippen LogP contribution is 2.33. The third-order valence-corrected chi connectivity index (χ3v) is 2.31. The minimum Gasteiger partial charge on any atom is -0.303 e. The summed E-state index contributed by atoms with van der Waals surface area (Å²) in [4.78, 5) is 4.21. The summed E-state index contributed by atoms with van der Waals surface area (Å²) in [6.07, 6.45) is -3.94. The van der Waals surface area contributed by atoms with Crippen LogP contribution in [0.2, 0.25) is 0 Å². The molecule has 0 radical (unpaired) electrons. The van der Waals surface area contributed by atoms with Gasteiger partial charge in [0.25, 0.3) is 0 Å². The highest BCUT2D eigenvalue weighted by molar-refractivity contribution is 4.80. The molecule has 1 aliphatic rings. The zero-order chi connectivity index (χ0) is 10.6. The van der Waals surface area contributed by atoms with E-state index in [4.69, 9.17) is 5.53 Å². The molecule has 0 saturated carbocycles. The van der Waals surface area contributed by atoms with Gasteiger partial charge in [-0.15, -0.1) is 0 Å². The molecule has 0 aliphatic carbocycles. The molecular weight excluding hydrogens is 197 g/mol. The number of halogens is 3. The van der Waals surface area contributed by atoms with Crippen LogP contribution < -0.4 is 0 Å². The number of hydrogen-bond donors (Lipinski definition) is 0. The van der Waals surface area contributed by atoms with Gasteiger partial charge in [-0.1, -0.05) is 5.11 Å². The summed E-state index contributed by atoms with van der Waals surface area (Å²) < 4.78 is 36.6. The molecule has 0 bridgehead atoms. The summed E-state index contributed by atoms with van der Waals surface area (Å²) in [7, 11) is 0. The number of azide groups is 1. The maximum absolute atomic E-state index is 12.2. The Morgan fingerprint density at radius 1 is 1.50 bits per heavy atom. The van der Waals surface area contributed by atoms with E-state index in [-0.39, 0.29) is 19.5 Å². The number of hydrogen-bond acceptors (Lipinski definition) is 2. The van der Waals surface area contributed by atoms with Crippen molar-refractivity contribution in [3.05, 3.63) is 10.4 Å². The molecule has 4 nitrogen and oxygen atoms in total. The molecule has 80 valence electrons. The van der Waals surface area contributed by atoms with Crippen molar-refractivity contribution in [3.63, 3.8) is 0 Å². The monoisotopic (exact) mass is 208 g/mol. The average molecular weight is 208 g/mol. The van der Waals surface area contributed by atoms with Gasteiger partial charge in [0, 0.05) is 24.5 Å². The first-order valence-electron chi connectivity index (χ1n) is 4.34. The van der Waals surface area contributed by atoms with Gasteiger partial charge in [0.2, 0.25) is 0 Å². The van der Waals surface area contributed by atoms with Crippen LogP contribution in [-0.4, -0.2) is 37.3 Å². The average Bonchev–Trinajstić information content (AvgIpc) is 2.52. The lowest BCUT2D eigenvalue weighted by Crippen LogP contribution is -2.28. The number of rotatable bonds is 3. The van der Waals surface area contributed by atoms with Gasteiger partial charge in [-0.25, -0.2) is 0 Å². The first-order valence-corrected chi connectivity index (χ1v) is 4.34. The molecule has 1 heterocycles. The SMILES string of the molecule is [N-]=[N+]=NCCN1CC[C@@H](C(F)(F)F)C1. The summed E-state index contributed by atoms with van der Waals surface area (Å²) in [6.45, 7) is 1.12. The van der Waals surface area contributed by atoms with Crippen molar-refractivity contribution in [2.75, 3.05) is 26.2 Å². The quantitative estimate of drug-likeness (QED) is 0.398. The summed E-state index contributed by atoms with van der Waals surface area (Å²) >= 11 is 0. The number of alkyl halides is 3. The van der Waals surface area contributed by atoms with Crippen molar-refractivity contribution in [2.45, 2.75) is 12.6 Å². The molecule has 1 fully saturated rings. The van der Waals surface area contributed by atoms with Crippen molar-refractivity contribution < 1.29 is 13.2 Å². The van der Waals surface area contributed by atoms with Crippen LogP contribution in [-0.2, 0) is 0 Å². The fraction of sp³-hybridized carbons (Fsp3) is 1.00. The maximum atomic E-state index is 12.2. The molecule has 0 aromatic rings. The standard InChI is InChI=1S/C7H11F3N4/c8-7(9,10)6-1-3-14(5-6)4-2-12-13-11/h6H,1-5H2/t6-/m1/s1. The Hall–Kier alpha value is -0.940. The predicted molar refractivity (Wildman–Crippen MR) is 44.6 cm³/mol. The van der Waals surface area contributed by atoms with E-state index < -0.39 is 12.1 Å². The molecule has 7 heteroatoms. The van der Waals surface area contributed by atoms with E-state index in [1.807, 2.05) is 0 Å². The van der Waals surface area contributed by atoms with E-state index in [0.29, 0.717) is 13.1 Å². The van der Waals surface area contributed by atoms with Crippen LogP contribution in [0.3, 0.4) is 0 Å². The van der Waals surface area contributed by atoms with Gasteiger partial charge < -0.3 is 4.90 Å². The minimum atomic E-state index is -4.09. The fourth-order valence-corrected chi connectivity index (χ4v) is 1.53. The summed E-state index contributed by atoms with van der Waals surface area (Å²) in [5, 5.41) is 3.28. The number of nitrogens with zero attached hydrogens (tertiary/aromatic N) is 4. The molecule has 0 aromatic carbocycles. The molecule has 1 atom stereocenters. The summed E-state index contributed by atoms with van der Waals surface area (Å²) in [5.41, 5.74) is 7.98. The number of likely N-dealkylation sites (tertiary alicyclic amines) is 1. The summed E-state index contributed by atoms with van der Waals surface area (Å²) in [5.74, 6) is -1.21. The normalized spacial score (nSPS) is 23.5. The zero-order valence-corrected chi connectivity index (χ0v) is 7.54. The van der Waals surface area contributed by atoms with Crippen LogP contribution in [0.15, 0.2) is 5.11 Å². The Morgan fingerprint density at radius 3 is 2.71 bits per heavy atom. The lowest BCUT2D eigenvalue weighted by atomic mass is 10.1. The highest BCUT2D eigenvalue weighted by atomic mass is 19.4. The third kappa shape index (κ3) is 3.08. The molecule has 0 amide bonds. The second-order valence-electron chi connectivity index (χ2n) is 3.28. The molecule has 1 aliphatic heterocycles. The minimum absolute atomic E-state index is 0.0322. The maximum Gasteiger partial charge on any atom is 0.393 e. The van der Waals surface area contributed by atoms with E-state index in [1.54, 1.807) is 4.90 Å². The van der Waals surface area contributed by atoms with Crippen molar-refractivity contribution in [3.8, 4) is 0 Å². The van der Waals surface area contributed by atoms with Crippen LogP contribution >= 0.6 is 0 Å². The Labute approximate surface area is 79.3 Å². The van der Waals surface area contributed by atoms with Gasteiger partial charge in [0.05, 0.1) is 5.92 Å². The van der Waals surface area contributed by atoms with Gasteiger partial charge in [-0.3, -0.25) is 0 Å². The van der Waals surface area contributed by atoms with Crippen LogP contribution in [0, 0.1) is 5.92 Å². The zero-order valence-electron chi connectivity index (χ0n) is 7.54. The largest absolute Gasteiger partial charge is 0.393 e. The van der Waals surface area contributed by atoms with E-state index in [2.05, 4.69) is 10.0 Å². The van der Waals surface area contributed by atoms with Crippen LogP contribution in [0.4, 0.5) is 13.2 Å². The molecule has 14 heavy (non-hydrogen) atoms. The van der Waals surface area contributed by atoms with E-state index in [9.17, 15) is 13.2 Å².